The fourth-order valence-electron chi connectivity index (χ4n) is 1.70. The lowest BCUT2D eigenvalue weighted by atomic mass is 9.99. The molecule has 1 fully saturated rings. The van der Waals surface area contributed by atoms with Gasteiger partial charge in [0.1, 0.15) is 11.6 Å². The fourth-order valence-corrected chi connectivity index (χ4v) is 1.70. The van der Waals surface area contributed by atoms with E-state index in [1.807, 2.05) is 0 Å². The predicted octanol–water partition coefficient (Wildman–Crippen LogP) is 2.16. The summed E-state index contributed by atoms with van der Waals surface area (Å²) in [5.74, 6) is -1.14. The minimum absolute atomic E-state index is 0. The van der Waals surface area contributed by atoms with Gasteiger partial charge >= 0.3 is 0 Å². The van der Waals surface area contributed by atoms with Crippen LogP contribution < -0.4 is 5.73 Å². The largest absolute Gasteiger partial charge is 0.391 e. The highest BCUT2D eigenvalue weighted by molar-refractivity contribution is 5.85. The van der Waals surface area contributed by atoms with Crippen molar-refractivity contribution in [2.45, 2.75) is 25.0 Å². The SMILES string of the molecule is Cl.N[C@H](c1cc(F)cc(F)c1)[C@@H](O)C1CC1. The molecule has 0 heterocycles. The highest BCUT2D eigenvalue weighted by Gasteiger charge is 2.34. The molecule has 0 spiro atoms. The van der Waals surface area contributed by atoms with E-state index in [2.05, 4.69) is 0 Å². The van der Waals surface area contributed by atoms with Crippen molar-refractivity contribution in [3.8, 4) is 0 Å². The molecule has 1 aromatic carbocycles. The Morgan fingerprint density at radius 3 is 2.12 bits per heavy atom. The summed E-state index contributed by atoms with van der Waals surface area (Å²) in [5.41, 5.74) is 6.05. The van der Waals surface area contributed by atoms with Gasteiger partial charge in [-0.3, -0.25) is 0 Å². The van der Waals surface area contributed by atoms with Gasteiger partial charge < -0.3 is 10.8 Å². The molecule has 2 atom stereocenters. The second-order valence-corrected chi connectivity index (χ2v) is 4.06. The number of benzene rings is 1. The fraction of sp³-hybridized carbons (Fsp3) is 0.455. The summed E-state index contributed by atoms with van der Waals surface area (Å²) in [4.78, 5) is 0. The zero-order valence-corrected chi connectivity index (χ0v) is 9.38. The third kappa shape index (κ3) is 2.90. The zero-order valence-electron chi connectivity index (χ0n) is 8.57. The van der Waals surface area contributed by atoms with Crippen molar-refractivity contribution in [1.29, 1.82) is 0 Å². The van der Waals surface area contributed by atoms with Gasteiger partial charge in [-0.25, -0.2) is 8.78 Å². The van der Waals surface area contributed by atoms with Crippen molar-refractivity contribution in [3.63, 3.8) is 0 Å². The monoisotopic (exact) mass is 249 g/mol. The van der Waals surface area contributed by atoms with Crippen LogP contribution in [0.4, 0.5) is 8.78 Å². The maximum Gasteiger partial charge on any atom is 0.126 e. The summed E-state index contributed by atoms with van der Waals surface area (Å²) in [5, 5.41) is 9.72. The van der Waals surface area contributed by atoms with E-state index in [4.69, 9.17) is 5.73 Å². The van der Waals surface area contributed by atoms with Gasteiger partial charge in [-0.1, -0.05) is 0 Å². The van der Waals surface area contributed by atoms with Gasteiger partial charge in [0, 0.05) is 6.07 Å². The van der Waals surface area contributed by atoms with Crippen LogP contribution in [-0.2, 0) is 0 Å². The molecule has 0 bridgehead atoms. The first kappa shape index (κ1) is 13.4. The molecule has 0 aromatic heterocycles. The maximum absolute atomic E-state index is 12.9. The molecule has 1 aromatic rings. The highest BCUT2D eigenvalue weighted by Crippen LogP contribution is 2.37. The van der Waals surface area contributed by atoms with Crippen LogP contribution in [0.2, 0.25) is 0 Å². The third-order valence-corrected chi connectivity index (χ3v) is 2.74. The van der Waals surface area contributed by atoms with Crippen LogP contribution in [0.5, 0.6) is 0 Å². The molecule has 0 unspecified atom stereocenters. The van der Waals surface area contributed by atoms with Crippen LogP contribution in [0.25, 0.3) is 0 Å². The van der Waals surface area contributed by atoms with Crippen molar-refractivity contribution >= 4 is 12.4 Å². The van der Waals surface area contributed by atoms with E-state index in [9.17, 15) is 13.9 Å². The van der Waals surface area contributed by atoms with Crippen LogP contribution in [-0.4, -0.2) is 11.2 Å². The maximum atomic E-state index is 12.9. The van der Waals surface area contributed by atoms with E-state index in [-0.39, 0.29) is 18.3 Å². The predicted molar refractivity (Wildman–Crippen MR) is 59.3 cm³/mol. The Morgan fingerprint density at radius 1 is 1.19 bits per heavy atom. The molecule has 1 aliphatic rings. The van der Waals surface area contributed by atoms with E-state index in [1.54, 1.807) is 0 Å². The number of rotatable bonds is 3. The first-order valence-corrected chi connectivity index (χ1v) is 4.97. The van der Waals surface area contributed by atoms with Gasteiger partial charge in [0.05, 0.1) is 12.1 Å². The Balaban J connectivity index is 0.00000128. The molecular formula is C11H14ClF2NO. The Morgan fingerprint density at radius 2 is 1.69 bits per heavy atom. The second-order valence-electron chi connectivity index (χ2n) is 4.06. The van der Waals surface area contributed by atoms with Crippen LogP contribution in [0.15, 0.2) is 18.2 Å². The molecule has 1 saturated carbocycles. The minimum atomic E-state index is -0.706. The van der Waals surface area contributed by atoms with Gasteiger partial charge in [0.2, 0.25) is 0 Å². The molecule has 0 radical (unpaired) electrons. The third-order valence-electron chi connectivity index (χ3n) is 2.74. The Bertz CT molecular complexity index is 351. The van der Waals surface area contributed by atoms with E-state index in [1.165, 1.54) is 12.1 Å². The molecule has 0 aliphatic heterocycles. The van der Waals surface area contributed by atoms with E-state index in [0.717, 1.165) is 18.9 Å². The van der Waals surface area contributed by atoms with Crippen LogP contribution in [0.1, 0.15) is 24.4 Å². The molecule has 2 nitrogen and oxygen atoms in total. The number of aliphatic hydroxyl groups is 1. The average Bonchev–Trinajstić information content (AvgIpc) is 2.97. The highest BCUT2D eigenvalue weighted by atomic mass is 35.5. The molecule has 1 aliphatic carbocycles. The summed E-state index contributed by atoms with van der Waals surface area (Å²) in [7, 11) is 0. The number of nitrogens with two attached hydrogens (primary N) is 1. The molecule has 0 amide bonds. The van der Waals surface area contributed by atoms with Gasteiger partial charge in [0.15, 0.2) is 0 Å². The molecule has 5 heteroatoms. The summed E-state index contributed by atoms with van der Waals surface area (Å²) >= 11 is 0. The average molecular weight is 250 g/mol. The van der Waals surface area contributed by atoms with Crippen molar-refractivity contribution < 1.29 is 13.9 Å². The molecule has 3 N–H and O–H groups in total. The summed E-state index contributed by atoms with van der Waals surface area (Å²) < 4.78 is 25.8. The molecule has 2 rings (SSSR count). The van der Waals surface area contributed by atoms with Gasteiger partial charge in [-0.05, 0) is 36.5 Å². The normalized spacial score (nSPS) is 18.8. The second kappa shape index (κ2) is 5.08. The quantitative estimate of drug-likeness (QED) is 0.862. The van der Waals surface area contributed by atoms with Crippen molar-refractivity contribution in [1.82, 2.24) is 0 Å². The number of hydrogen-bond acceptors (Lipinski definition) is 2. The number of halogens is 3. The smallest absolute Gasteiger partial charge is 0.126 e. The van der Waals surface area contributed by atoms with Crippen molar-refractivity contribution in [2.75, 3.05) is 0 Å². The summed E-state index contributed by atoms with van der Waals surface area (Å²) in [6.07, 6.45) is 1.17. The van der Waals surface area contributed by atoms with E-state index < -0.39 is 23.8 Å². The lowest BCUT2D eigenvalue weighted by Gasteiger charge is -2.18. The topological polar surface area (TPSA) is 46.2 Å². The Labute approximate surface area is 98.9 Å². The standard InChI is InChI=1S/C11H13F2NO.ClH/c12-8-3-7(4-9(13)5-8)10(14)11(15)6-1-2-6;/h3-6,10-11,15H,1-2,14H2;1H/t10-,11+;/m1./s1. The van der Waals surface area contributed by atoms with E-state index >= 15 is 0 Å². The lowest BCUT2D eigenvalue weighted by molar-refractivity contribution is 0.122. The van der Waals surface area contributed by atoms with Gasteiger partial charge in [-0.2, -0.15) is 0 Å². The van der Waals surface area contributed by atoms with Gasteiger partial charge in [0.25, 0.3) is 0 Å². The Hall–Kier alpha value is -0.710. The number of hydrogen-bond donors (Lipinski definition) is 2. The van der Waals surface area contributed by atoms with Crippen LogP contribution >= 0.6 is 12.4 Å². The first-order valence-electron chi connectivity index (χ1n) is 4.97. The minimum Gasteiger partial charge on any atom is -0.391 e. The van der Waals surface area contributed by atoms with E-state index in [0.29, 0.717) is 5.56 Å². The summed E-state index contributed by atoms with van der Waals surface area (Å²) in [6.45, 7) is 0. The number of aliphatic hydroxyl groups excluding tert-OH is 1. The van der Waals surface area contributed by atoms with Gasteiger partial charge in [-0.15, -0.1) is 12.4 Å². The molecular weight excluding hydrogens is 236 g/mol. The molecule has 90 valence electrons. The van der Waals surface area contributed by atoms with Crippen molar-refractivity contribution in [2.24, 2.45) is 11.7 Å². The van der Waals surface area contributed by atoms with Crippen LogP contribution in [0.3, 0.4) is 0 Å². The van der Waals surface area contributed by atoms with Crippen LogP contribution in [0, 0.1) is 17.6 Å². The molecule has 0 saturated heterocycles. The van der Waals surface area contributed by atoms with Crippen molar-refractivity contribution in [3.05, 3.63) is 35.4 Å². The Kier molecular flexibility index (Phi) is 4.24. The first-order chi connectivity index (χ1) is 7.08. The zero-order chi connectivity index (χ0) is 11.0. The summed E-state index contributed by atoms with van der Waals surface area (Å²) in [6, 6.07) is 2.42. The molecule has 16 heavy (non-hydrogen) atoms. The lowest BCUT2D eigenvalue weighted by Crippen LogP contribution is -2.28.